The van der Waals surface area contributed by atoms with Crippen molar-refractivity contribution in [2.75, 3.05) is 13.1 Å². The van der Waals surface area contributed by atoms with Gasteiger partial charge in [-0.1, -0.05) is 39.5 Å². The van der Waals surface area contributed by atoms with Gasteiger partial charge in [-0.25, -0.2) is 0 Å². The van der Waals surface area contributed by atoms with Gasteiger partial charge in [0, 0.05) is 12.1 Å². The highest BCUT2D eigenvalue weighted by molar-refractivity contribution is 4.79. The molecule has 112 valence electrons. The fraction of sp³-hybridized carbons (Fsp3) is 1.00. The van der Waals surface area contributed by atoms with Gasteiger partial charge in [0.2, 0.25) is 0 Å². The molecule has 2 aliphatic rings. The number of hydrogen-bond acceptors (Lipinski definition) is 2. The molecule has 4 atom stereocenters. The molecule has 0 saturated heterocycles. The Kier molecular flexibility index (Phi) is 6.66. The molecule has 0 aromatic heterocycles. The Morgan fingerprint density at radius 2 is 1.11 bits per heavy atom. The van der Waals surface area contributed by atoms with Gasteiger partial charge in [0.05, 0.1) is 0 Å². The van der Waals surface area contributed by atoms with Crippen LogP contribution < -0.4 is 10.6 Å². The van der Waals surface area contributed by atoms with Crippen LogP contribution in [0.1, 0.15) is 71.6 Å². The van der Waals surface area contributed by atoms with Crippen molar-refractivity contribution in [3.05, 3.63) is 0 Å². The van der Waals surface area contributed by atoms with Crippen LogP contribution in [0.5, 0.6) is 0 Å². The van der Waals surface area contributed by atoms with Crippen molar-refractivity contribution in [2.24, 2.45) is 11.8 Å². The van der Waals surface area contributed by atoms with Gasteiger partial charge >= 0.3 is 0 Å². The highest BCUT2D eigenvalue weighted by Crippen LogP contribution is 2.24. The average Bonchev–Trinajstić information content (AvgIpc) is 2.42. The van der Waals surface area contributed by atoms with E-state index in [1.54, 1.807) is 0 Å². The van der Waals surface area contributed by atoms with E-state index in [2.05, 4.69) is 24.5 Å². The Labute approximate surface area is 120 Å². The van der Waals surface area contributed by atoms with Gasteiger partial charge < -0.3 is 10.6 Å². The molecule has 0 heterocycles. The van der Waals surface area contributed by atoms with E-state index in [0.717, 1.165) is 23.9 Å². The van der Waals surface area contributed by atoms with Crippen molar-refractivity contribution in [3.63, 3.8) is 0 Å². The molecule has 0 aromatic rings. The van der Waals surface area contributed by atoms with Crippen molar-refractivity contribution in [1.82, 2.24) is 10.6 Å². The highest BCUT2D eigenvalue weighted by Gasteiger charge is 2.21. The van der Waals surface area contributed by atoms with Crippen LogP contribution >= 0.6 is 0 Å². The minimum absolute atomic E-state index is 0.794. The first-order valence-electron chi connectivity index (χ1n) is 8.74. The fourth-order valence-electron chi connectivity index (χ4n) is 3.90. The van der Waals surface area contributed by atoms with E-state index >= 15 is 0 Å². The molecule has 2 N–H and O–H groups in total. The Bertz CT molecular complexity index is 217. The summed E-state index contributed by atoms with van der Waals surface area (Å²) < 4.78 is 0. The lowest BCUT2D eigenvalue weighted by atomic mass is 9.85. The zero-order valence-corrected chi connectivity index (χ0v) is 13.1. The molecule has 0 amide bonds. The largest absolute Gasteiger partial charge is 0.314 e. The second kappa shape index (κ2) is 8.26. The molecule has 0 spiro atoms. The highest BCUT2D eigenvalue weighted by atomic mass is 14.9. The van der Waals surface area contributed by atoms with E-state index in [-0.39, 0.29) is 0 Å². The van der Waals surface area contributed by atoms with Crippen molar-refractivity contribution < 1.29 is 0 Å². The van der Waals surface area contributed by atoms with E-state index in [1.165, 1.54) is 70.9 Å². The van der Waals surface area contributed by atoms with Crippen LogP contribution in [0.15, 0.2) is 0 Å². The van der Waals surface area contributed by atoms with Crippen LogP contribution in [-0.2, 0) is 0 Å². The van der Waals surface area contributed by atoms with Crippen LogP contribution in [0, 0.1) is 11.8 Å². The SMILES string of the molecule is CC1CCCCC1NCCCNC1CCCCC1C. The fourth-order valence-corrected chi connectivity index (χ4v) is 3.90. The number of hydrogen-bond donors (Lipinski definition) is 2. The summed E-state index contributed by atoms with van der Waals surface area (Å²) in [6, 6.07) is 1.59. The van der Waals surface area contributed by atoms with E-state index in [1.807, 2.05) is 0 Å². The second-order valence-corrected chi connectivity index (χ2v) is 7.00. The summed E-state index contributed by atoms with van der Waals surface area (Å²) in [5.41, 5.74) is 0. The van der Waals surface area contributed by atoms with Crippen molar-refractivity contribution in [1.29, 1.82) is 0 Å². The van der Waals surface area contributed by atoms with E-state index < -0.39 is 0 Å². The van der Waals surface area contributed by atoms with Crippen LogP contribution in [0.4, 0.5) is 0 Å². The molecular weight excluding hydrogens is 232 g/mol. The zero-order chi connectivity index (χ0) is 13.5. The maximum atomic E-state index is 3.78. The van der Waals surface area contributed by atoms with Crippen molar-refractivity contribution in [3.8, 4) is 0 Å². The van der Waals surface area contributed by atoms with Gasteiger partial charge in [-0.2, -0.15) is 0 Å². The van der Waals surface area contributed by atoms with Gasteiger partial charge in [-0.3, -0.25) is 0 Å². The Morgan fingerprint density at radius 3 is 1.53 bits per heavy atom. The van der Waals surface area contributed by atoms with Gasteiger partial charge in [0.15, 0.2) is 0 Å². The molecule has 2 heteroatoms. The quantitative estimate of drug-likeness (QED) is 0.716. The molecule has 0 aromatic carbocycles. The first-order valence-corrected chi connectivity index (χ1v) is 8.74. The molecule has 2 fully saturated rings. The van der Waals surface area contributed by atoms with Crippen molar-refractivity contribution >= 4 is 0 Å². The van der Waals surface area contributed by atoms with E-state index in [9.17, 15) is 0 Å². The van der Waals surface area contributed by atoms with Crippen LogP contribution in [-0.4, -0.2) is 25.2 Å². The van der Waals surface area contributed by atoms with Gasteiger partial charge in [-0.05, 0) is 57.0 Å². The summed E-state index contributed by atoms with van der Waals surface area (Å²) in [5, 5.41) is 7.56. The topological polar surface area (TPSA) is 24.1 Å². The maximum absolute atomic E-state index is 3.78. The smallest absolute Gasteiger partial charge is 0.00926 e. The van der Waals surface area contributed by atoms with Gasteiger partial charge in [0.1, 0.15) is 0 Å². The predicted molar refractivity (Wildman–Crippen MR) is 83.5 cm³/mol. The molecule has 0 bridgehead atoms. The van der Waals surface area contributed by atoms with Gasteiger partial charge in [0.25, 0.3) is 0 Å². The standard InChI is InChI=1S/C17H34N2/c1-14-8-3-5-10-16(14)18-12-7-13-19-17-11-6-4-9-15(17)2/h14-19H,3-13H2,1-2H3. The first kappa shape index (κ1) is 15.3. The number of nitrogens with one attached hydrogen (secondary N) is 2. The summed E-state index contributed by atoms with van der Waals surface area (Å²) in [6.07, 6.45) is 12.7. The molecule has 0 aliphatic heterocycles. The first-order chi connectivity index (χ1) is 9.27. The monoisotopic (exact) mass is 266 g/mol. The Balaban J connectivity index is 1.51. The molecule has 4 unspecified atom stereocenters. The molecule has 2 aliphatic carbocycles. The Morgan fingerprint density at radius 1 is 0.684 bits per heavy atom. The molecule has 19 heavy (non-hydrogen) atoms. The number of rotatable bonds is 6. The lowest BCUT2D eigenvalue weighted by Gasteiger charge is -2.31. The maximum Gasteiger partial charge on any atom is 0.00926 e. The zero-order valence-electron chi connectivity index (χ0n) is 13.1. The molecular formula is C17H34N2. The summed E-state index contributed by atoms with van der Waals surface area (Å²) in [7, 11) is 0. The third-order valence-corrected chi connectivity index (χ3v) is 5.39. The lowest BCUT2D eigenvalue weighted by Crippen LogP contribution is -2.40. The summed E-state index contributed by atoms with van der Waals surface area (Å²) in [6.45, 7) is 7.23. The van der Waals surface area contributed by atoms with E-state index in [4.69, 9.17) is 0 Å². The lowest BCUT2D eigenvalue weighted by molar-refractivity contribution is 0.268. The molecule has 0 radical (unpaired) electrons. The summed E-state index contributed by atoms with van der Waals surface area (Å²) in [5.74, 6) is 1.78. The summed E-state index contributed by atoms with van der Waals surface area (Å²) in [4.78, 5) is 0. The predicted octanol–water partition coefficient (Wildman–Crippen LogP) is 3.71. The molecule has 2 saturated carbocycles. The van der Waals surface area contributed by atoms with Crippen LogP contribution in [0.3, 0.4) is 0 Å². The van der Waals surface area contributed by atoms with Crippen molar-refractivity contribution in [2.45, 2.75) is 83.7 Å². The van der Waals surface area contributed by atoms with Gasteiger partial charge in [-0.15, -0.1) is 0 Å². The third kappa shape index (κ3) is 5.07. The molecule has 2 rings (SSSR count). The average molecular weight is 266 g/mol. The van der Waals surface area contributed by atoms with Crippen LogP contribution in [0.2, 0.25) is 0 Å². The van der Waals surface area contributed by atoms with Crippen LogP contribution in [0.25, 0.3) is 0 Å². The minimum Gasteiger partial charge on any atom is -0.314 e. The second-order valence-electron chi connectivity index (χ2n) is 7.00. The van der Waals surface area contributed by atoms with E-state index in [0.29, 0.717) is 0 Å². The normalized spacial score (nSPS) is 36.3. The Hall–Kier alpha value is -0.0800. The summed E-state index contributed by atoms with van der Waals surface area (Å²) >= 11 is 0. The third-order valence-electron chi connectivity index (χ3n) is 5.39. The minimum atomic E-state index is 0.794. The molecule has 2 nitrogen and oxygen atoms in total.